The summed E-state index contributed by atoms with van der Waals surface area (Å²) in [6.07, 6.45) is 0.538. The third kappa shape index (κ3) is 4.40. The summed E-state index contributed by atoms with van der Waals surface area (Å²) in [7, 11) is 1.78. The van der Waals surface area contributed by atoms with E-state index in [4.69, 9.17) is 0 Å². The number of urea groups is 1. The molecule has 19 heavy (non-hydrogen) atoms. The molecule has 1 heterocycles. The van der Waals surface area contributed by atoms with E-state index in [1.807, 2.05) is 39.5 Å². The van der Waals surface area contributed by atoms with Crippen molar-refractivity contribution in [1.82, 2.24) is 15.1 Å². The molecular formula is C14H27N3O2. The van der Waals surface area contributed by atoms with Gasteiger partial charge in [0.05, 0.1) is 0 Å². The number of hydrogen-bond donors (Lipinski definition) is 1. The molecule has 0 spiro atoms. The molecule has 0 radical (unpaired) electrons. The molecule has 1 aliphatic heterocycles. The normalized spacial score (nSPS) is 20.1. The number of nitrogens with zero attached hydrogens (tertiary/aromatic N) is 2. The summed E-state index contributed by atoms with van der Waals surface area (Å²) in [5.41, 5.74) is -0.134. The van der Waals surface area contributed by atoms with Gasteiger partial charge in [-0.15, -0.1) is 0 Å². The first-order chi connectivity index (χ1) is 8.61. The average molecular weight is 269 g/mol. The molecule has 0 bridgehead atoms. The van der Waals surface area contributed by atoms with Crippen LogP contribution in [-0.4, -0.2) is 53.5 Å². The zero-order valence-corrected chi connectivity index (χ0v) is 13.0. The lowest BCUT2D eigenvalue weighted by atomic mass is 10.1. The van der Waals surface area contributed by atoms with E-state index in [9.17, 15) is 9.59 Å². The van der Waals surface area contributed by atoms with Gasteiger partial charge >= 0.3 is 6.03 Å². The Bertz CT molecular complexity index is 347. The molecule has 0 saturated carbocycles. The van der Waals surface area contributed by atoms with E-state index in [1.165, 1.54) is 0 Å². The molecule has 1 fully saturated rings. The lowest BCUT2D eigenvalue weighted by Gasteiger charge is -2.32. The molecule has 0 aromatic rings. The van der Waals surface area contributed by atoms with Crippen molar-refractivity contribution in [2.45, 2.75) is 52.6 Å². The molecular weight excluding hydrogens is 242 g/mol. The van der Waals surface area contributed by atoms with Crippen molar-refractivity contribution in [2.75, 3.05) is 20.1 Å². The number of nitrogens with one attached hydrogen (secondary N) is 1. The fraction of sp³-hybridized carbons (Fsp3) is 0.857. The van der Waals surface area contributed by atoms with Crippen LogP contribution in [-0.2, 0) is 4.79 Å². The number of carbonyl (C=O) groups excluding carboxylic acids is 2. The lowest BCUT2D eigenvalue weighted by molar-refractivity contribution is -0.131. The maximum absolute atomic E-state index is 12.0. The van der Waals surface area contributed by atoms with Crippen LogP contribution in [0.3, 0.4) is 0 Å². The fourth-order valence-electron chi connectivity index (χ4n) is 2.38. The van der Waals surface area contributed by atoms with Gasteiger partial charge in [0.25, 0.3) is 0 Å². The van der Waals surface area contributed by atoms with Crippen LogP contribution in [0.2, 0.25) is 0 Å². The van der Waals surface area contributed by atoms with Crippen molar-refractivity contribution in [3.63, 3.8) is 0 Å². The summed E-state index contributed by atoms with van der Waals surface area (Å²) in [5, 5.41) is 2.86. The van der Waals surface area contributed by atoms with Gasteiger partial charge in [-0.25, -0.2) is 4.79 Å². The molecule has 1 saturated heterocycles. The zero-order valence-electron chi connectivity index (χ0n) is 13.0. The predicted octanol–water partition coefficient (Wildman–Crippen LogP) is 1.68. The Balaban J connectivity index is 2.52. The van der Waals surface area contributed by atoms with E-state index in [0.29, 0.717) is 13.0 Å². The Kier molecular flexibility index (Phi) is 4.82. The van der Waals surface area contributed by atoms with Crippen LogP contribution in [0.4, 0.5) is 4.79 Å². The van der Waals surface area contributed by atoms with Crippen LogP contribution in [0, 0.1) is 5.92 Å². The molecule has 5 nitrogen and oxygen atoms in total. The predicted molar refractivity (Wildman–Crippen MR) is 75.9 cm³/mol. The molecule has 1 aliphatic rings. The van der Waals surface area contributed by atoms with Gasteiger partial charge in [-0.2, -0.15) is 0 Å². The van der Waals surface area contributed by atoms with Crippen molar-refractivity contribution < 1.29 is 9.59 Å². The highest BCUT2D eigenvalue weighted by molar-refractivity contribution is 5.79. The summed E-state index contributed by atoms with van der Waals surface area (Å²) < 4.78 is 0. The summed E-state index contributed by atoms with van der Waals surface area (Å²) >= 11 is 0. The van der Waals surface area contributed by atoms with E-state index in [2.05, 4.69) is 5.32 Å². The van der Waals surface area contributed by atoms with Gasteiger partial charge in [0.1, 0.15) is 0 Å². The van der Waals surface area contributed by atoms with Crippen LogP contribution in [0.5, 0.6) is 0 Å². The molecule has 0 aromatic carbocycles. The Morgan fingerprint density at radius 3 is 2.47 bits per heavy atom. The molecule has 0 aromatic heterocycles. The van der Waals surface area contributed by atoms with E-state index < -0.39 is 0 Å². The summed E-state index contributed by atoms with van der Waals surface area (Å²) in [4.78, 5) is 27.4. The van der Waals surface area contributed by atoms with Crippen LogP contribution < -0.4 is 5.32 Å². The summed E-state index contributed by atoms with van der Waals surface area (Å²) in [6, 6.07) is 0.0582. The van der Waals surface area contributed by atoms with Gasteiger partial charge in [0.15, 0.2) is 0 Å². The Hall–Kier alpha value is -1.26. The summed E-state index contributed by atoms with van der Waals surface area (Å²) in [6.45, 7) is 11.4. The second kappa shape index (κ2) is 5.80. The van der Waals surface area contributed by atoms with Gasteiger partial charge in [-0.3, -0.25) is 4.79 Å². The van der Waals surface area contributed by atoms with Crippen molar-refractivity contribution in [1.29, 1.82) is 0 Å². The maximum atomic E-state index is 12.0. The van der Waals surface area contributed by atoms with Crippen LogP contribution >= 0.6 is 0 Å². The van der Waals surface area contributed by atoms with Crippen LogP contribution in [0.25, 0.3) is 0 Å². The van der Waals surface area contributed by atoms with E-state index >= 15 is 0 Å². The Morgan fingerprint density at radius 2 is 2.05 bits per heavy atom. The number of amides is 3. The minimum Gasteiger partial charge on any atom is -0.337 e. The van der Waals surface area contributed by atoms with Gasteiger partial charge in [-0.05, 0) is 34.6 Å². The topological polar surface area (TPSA) is 52.7 Å². The molecule has 5 heteroatoms. The maximum Gasteiger partial charge on any atom is 0.317 e. The van der Waals surface area contributed by atoms with Crippen molar-refractivity contribution in [2.24, 2.45) is 5.92 Å². The standard InChI is InChI=1S/C14H27N3O2/c1-10(2)15-13(19)16(6)8-11-7-12(18)17(9-11)14(3,4)5/h10-11H,7-9H2,1-6H3,(H,15,19). The smallest absolute Gasteiger partial charge is 0.317 e. The zero-order chi connectivity index (χ0) is 14.8. The first-order valence-corrected chi connectivity index (χ1v) is 6.93. The second-order valence-electron chi connectivity index (χ2n) is 6.73. The first-order valence-electron chi connectivity index (χ1n) is 6.93. The number of hydrogen-bond acceptors (Lipinski definition) is 2. The van der Waals surface area contributed by atoms with Gasteiger partial charge in [0.2, 0.25) is 5.91 Å². The average Bonchev–Trinajstić information content (AvgIpc) is 2.57. The van der Waals surface area contributed by atoms with Gasteiger partial charge < -0.3 is 15.1 Å². The Morgan fingerprint density at radius 1 is 1.47 bits per heavy atom. The van der Waals surface area contributed by atoms with Crippen molar-refractivity contribution in [3.05, 3.63) is 0 Å². The van der Waals surface area contributed by atoms with Crippen LogP contribution in [0.1, 0.15) is 41.0 Å². The molecule has 3 amide bonds. The Labute approximate surface area is 116 Å². The van der Waals surface area contributed by atoms with E-state index in [0.717, 1.165) is 6.54 Å². The monoisotopic (exact) mass is 269 g/mol. The third-order valence-corrected chi connectivity index (χ3v) is 3.31. The SMILES string of the molecule is CC(C)NC(=O)N(C)CC1CC(=O)N(C(C)(C)C)C1. The van der Waals surface area contributed by atoms with Crippen LogP contribution in [0.15, 0.2) is 0 Å². The molecule has 1 rings (SSSR count). The highest BCUT2D eigenvalue weighted by Crippen LogP contribution is 2.26. The largest absolute Gasteiger partial charge is 0.337 e. The van der Waals surface area contributed by atoms with E-state index in [1.54, 1.807) is 11.9 Å². The quantitative estimate of drug-likeness (QED) is 0.847. The minimum absolute atomic E-state index is 0.0725. The van der Waals surface area contributed by atoms with E-state index in [-0.39, 0.29) is 29.4 Å². The molecule has 1 atom stereocenters. The molecule has 110 valence electrons. The minimum atomic E-state index is -0.134. The van der Waals surface area contributed by atoms with Gasteiger partial charge in [0, 0.05) is 44.1 Å². The van der Waals surface area contributed by atoms with Crippen molar-refractivity contribution >= 4 is 11.9 Å². The highest BCUT2D eigenvalue weighted by atomic mass is 16.2. The lowest BCUT2D eigenvalue weighted by Crippen LogP contribution is -2.44. The third-order valence-electron chi connectivity index (χ3n) is 3.31. The fourth-order valence-corrected chi connectivity index (χ4v) is 2.38. The second-order valence-corrected chi connectivity index (χ2v) is 6.73. The highest BCUT2D eigenvalue weighted by Gasteiger charge is 2.36. The van der Waals surface area contributed by atoms with Gasteiger partial charge in [-0.1, -0.05) is 0 Å². The number of likely N-dealkylation sites (tertiary alicyclic amines) is 1. The molecule has 1 N–H and O–H groups in total. The first kappa shape index (κ1) is 15.8. The molecule has 1 unspecified atom stereocenters. The molecule has 0 aliphatic carbocycles. The summed E-state index contributed by atoms with van der Waals surface area (Å²) in [5.74, 6) is 0.421. The number of rotatable bonds is 3. The number of carbonyl (C=O) groups is 2. The van der Waals surface area contributed by atoms with Crippen molar-refractivity contribution in [3.8, 4) is 0 Å².